The molecule has 1 saturated heterocycles. The van der Waals surface area contributed by atoms with Gasteiger partial charge in [-0.15, -0.1) is 11.3 Å². The third kappa shape index (κ3) is 2.34. The number of carbonyl (C=O) groups is 1. The van der Waals surface area contributed by atoms with Crippen molar-refractivity contribution in [3.63, 3.8) is 0 Å². The average Bonchev–Trinajstić information content (AvgIpc) is 2.83. The zero-order valence-electron chi connectivity index (χ0n) is 8.87. The zero-order valence-corrected chi connectivity index (χ0v) is 10.5. The number of thiophene rings is 1. The van der Waals surface area contributed by atoms with E-state index >= 15 is 0 Å². The second kappa shape index (κ2) is 4.73. The second-order valence-corrected chi connectivity index (χ2v) is 6.67. The molecule has 94 valence electrons. The molecule has 1 aromatic heterocycles. The van der Waals surface area contributed by atoms with Gasteiger partial charge >= 0.3 is 5.97 Å². The Morgan fingerprint density at radius 1 is 1.59 bits per heavy atom. The molecule has 0 saturated carbocycles. The van der Waals surface area contributed by atoms with E-state index in [0.717, 1.165) is 15.6 Å². The Labute approximate surface area is 103 Å². The lowest BCUT2D eigenvalue weighted by Gasteiger charge is -2.31. The number of nitrogens with zero attached hydrogens (tertiary/aromatic N) is 1. The summed E-state index contributed by atoms with van der Waals surface area (Å²) in [6, 6.07) is 2.09. The molecule has 17 heavy (non-hydrogen) atoms. The zero-order chi connectivity index (χ0) is 12.5. The van der Waals surface area contributed by atoms with Gasteiger partial charge in [0.15, 0.2) is 0 Å². The molecule has 0 bridgehead atoms. The minimum atomic E-state index is -3.68. The minimum Gasteiger partial charge on any atom is -0.480 e. The number of piperazine rings is 1. The highest BCUT2D eigenvalue weighted by molar-refractivity contribution is 7.91. The highest BCUT2D eigenvalue weighted by Crippen LogP contribution is 2.23. The molecule has 1 atom stereocenters. The maximum atomic E-state index is 12.2. The number of nitrogens with one attached hydrogen (secondary N) is 1. The molecule has 1 fully saturated rings. The summed E-state index contributed by atoms with van der Waals surface area (Å²) < 4.78 is 25.7. The highest BCUT2D eigenvalue weighted by atomic mass is 32.2. The number of sulfonamides is 1. The molecule has 8 heteroatoms. The lowest BCUT2D eigenvalue weighted by Crippen LogP contribution is -2.56. The largest absolute Gasteiger partial charge is 0.480 e. The van der Waals surface area contributed by atoms with Crippen LogP contribution in [0.3, 0.4) is 0 Å². The van der Waals surface area contributed by atoms with Gasteiger partial charge in [-0.05, 0) is 11.4 Å². The Kier molecular flexibility index (Phi) is 3.48. The predicted octanol–water partition coefficient (Wildman–Crippen LogP) is -0.205. The van der Waals surface area contributed by atoms with Crippen LogP contribution >= 0.6 is 11.3 Å². The number of aliphatic carboxylic acids is 1. The van der Waals surface area contributed by atoms with E-state index in [2.05, 4.69) is 5.32 Å². The molecule has 0 radical (unpaired) electrons. The fourth-order valence-electron chi connectivity index (χ4n) is 1.71. The molecule has 6 nitrogen and oxygen atoms in total. The van der Waals surface area contributed by atoms with Crippen LogP contribution in [0.25, 0.3) is 0 Å². The molecule has 2 rings (SSSR count). The van der Waals surface area contributed by atoms with Crippen LogP contribution in [0.4, 0.5) is 0 Å². The van der Waals surface area contributed by atoms with Crippen LogP contribution in [-0.2, 0) is 14.8 Å². The number of carboxylic acid groups (broad SMARTS) is 1. The molecule has 0 unspecified atom stereocenters. The van der Waals surface area contributed by atoms with Crippen LogP contribution < -0.4 is 5.32 Å². The van der Waals surface area contributed by atoms with Gasteiger partial charge in [-0.25, -0.2) is 8.42 Å². The van der Waals surface area contributed by atoms with Gasteiger partial charge in [0.2, 0.25) is 0 Å². The van der Waals surface area contributed by atoms with Crippen molar-refractivity contribution < 1.29 is 18.3 Å². The van der Waals surface area contributed by atoms with Crippen LogP contribution in [0.15, 0.2) is 21.7 Å². The van der Waals surface area contributed by atoms with E-state index in [9.17, 15) is 13.2 Å². The summed E-state index contributed by atoms with van der Waals surface area (Å²) in [4.78, 5) is 11.0. The first kappa shape index (κ1) is 12.5. The van der Waals surface area contributed by atoms with Crippen LogP contribution in [-0.4, -0.2) is 49.5 Å². The van der Waals surface area contributed by atoms with Crippen LogP contribution in [0, 0.1) is 0 Å². The smallest absolute Gasteiger partial charge is 0.323 e. The quantitative estimate of drug-likeness (QED) is 0.798. The molecular formula is C9H12N2O4S2. The standard InChI is InChI=1S/C9H12N2O4S2/c12-9(13)7-6-10-3-4-11(7)17(14,15)8-2-1-5-16-8/h1-2,5,7,10H,3-4,6H2,(H,12,13)/t7-/m0/s1. The van der Waals surface area contributed by atoms with Crippen molar-refractivity contribution in [1.82, 2.24) is 9.62 Å². The number of rotatable bonds is 3. The summed E-state index contributed by atoms with van der Waals surface area (Å²) >= 11 is 1.09. The summed E-state index contributed by atoms with van der Waals surface area (Å²) in [5, 5.41) is 13.6. The van der Waals surface area contributed by atoms with Crippen molar-refractivity contribution in [3.8, 4) is 0 Å². The van der Waals surface area contributed by atoms with E-state index < -0.39 is 22.0 Å². The van der Waals surface area contributed by atoms with Gasteiger partial charge in [0.25, 0.3) is 10.0 Å². The summed E-state index contributed by atoms with van der Waals surface area (Å²) in [5.41, 5.74) is 0. The van der Waals surface area contributed by atoms with E-state index in [4.69, 9.17) is 5.11 Å². The molecule has 0 spiro atoms. The van der Waals surface area contributed by atoms with Gasteiger partial charge in [-0.3, -0.25) is 4.79 Å². The minimum absolute atomic E-state index is 0.139. The summed E-state index contributed by atoms with van der Waals surface area (Å²) in [7, 11) is -3.68. The molecule has 2 N–H and O–H groups in total. The first-order valence-electron chi connectivity index (χ1n) is 5.02. The topological polar surface area (TPSA) is 86.7 Å². The van der Waals surface area contributed by atoms with Gasteiger partial charge in [0.05, 0.1) is 0 Å². The molecule has 0 aromatic carbocycles. The predicted molar refractivity (Wildman–Crippen MR) is 62.5 cm³/mol. The van der Waals surface area contributed by atoms with E-state index in [1.54, 1.807) is 11.4 Å². The lowest BCUT2D eigenvalue weighted by molar-refractivity contribution is -0.141. The maximum Gasteiger partial charge on any atom is 0.323 e. The molecule has 1 aliphatic heterocycles. The normalized spacial score (nSPS) is 22.5. The van der Waals surface area contributed by atoms with E-state index in [-0.39, 0.29) is 17.3 Å². The van der Waals surface area contributed by atoms with Crippen molar-refractivity contribution in [2.75, 3.05) is 19.6 Å². The summed E-state index contributed by atoms with van der Waals surface area (Å²) in [5.74, 6) is -1.13. The average molecular weight is 276 g/mol. The van der Waals surface area contributed by atoms with Crippen molar-refractivity contribution in [2.45, 2.75) is 10.3 Å². The Bertz CT molecular complexity index is 497. The van der Waals surface area contributed by atoms with Crippen molar-refractivity contribution in [2.24, 2.45) is 0 Å². The fourth-order valence-corrected chi connectivity index (χ4v) is 4.41. The molecule has 0 amide bonds. The Morgan fingerprint density at radius 2 is 2.35 bits per heavy atom. The molecular weight excluding hydrogens is 264 g/mol. The third-order valence-corrected chi connectivity index (χ3v) is 5.82. The Morgan fingerprint density at radius 3 is 2.94 bits per heavy atom. The van der Waals surface area contributed by atoms with Crippen molar-refractivity contribution >= 4 is 27.3 Å². The molecule has 1 aromatic rings. The first-order chi connectivity index (χ1) is 8.03. The van der Waals surface area contributed by atoms with Crippen molar-refractivity contribution in [3.05, 3.63) is 17.5 Å². The second-order valence-electron chi connectivity index (χ2n) is 3.61. The summed E-state index contributed by atoms with van der Waals surface area (Å²) in [6.45, 7) is 0.783. The summed E-state index contributed by atoms with van der Waals surface area (Å²) in [6.07, 6.45) is 0. The highest BCUT2D eigenvalue weighted by Gasteiger charge is 2.37. The third-order valence-electron chi connectivity index (χ3n) is 2.54. The Balaban J connectivity index is 2.34. The lowest BCUT2D eigenvalue weighted by atomic mass is 10.2. The first-order valence-corrected chi connectivity index (χ1v) is 7.34. The number of hydrogen-bond acceptors (Lipinski definition) is 5. The number of hydrogen-bond donors (Lipinski definition) is 2. The fraction of sp³-hybridized carbons (Fsp3) is 0.444. The van der Waals surface area contributed by atoms with Crippen LogP contribution in [0.2, 0.25) is 0 Å². The molecule has 1 aliphatic rings. The SMILES string of the molecule is O=C(O)[C@@H]1CNCCN1S(=O)(=O)c1cccs1. The monoisotopic (exact) mass is 276 g/mol. The molecule has 0 aliphatic carbocycles. The maximum absolute atomic E-state index is 12.2. The van der Waals surface area contributed by atoms with Gasteiger partial charge in [-0.1, -0.05) is 6.07 Å². The van der Waals surface area contributed by atoms with E-state index in [0.29, 0.717) is 6.54 Å². The van der Waals surface area contributed by atoms with Gasteiger partial charge < -0.3 is 10.4 Å². The van der Waals surface area contributed by atoms with Crippen molar-refractivity contribution in [1.29, 1.82) is 0 Å². The molecule has 2 heterocycles. The number of carboxylic acids is 1. The van der Waals surface area contributed by atoms with Gasteiger partial charge in [-0.2, -0.15) is 4.31 Å². The van der Waals surface area contributed by atoms with E-state index in [1.807, 2.05) is 0 Å². The van der Waals surface area contributed by atoms with Gasteiger partial charge in [0.1, 0.15) is 10.3 Å². The Hall–Kier alpha value is -0.960. The van der Waals surface area contributed by atoms with Gasteiger partial charge in [0, 0.05) is 19.6 Å². The van der Waals surface area contributed by atoms with E-state index in [1.165, 1.54) is 6.07 Å². The van der Waals surface area contributed by atoms with Crippen LogP contribution in [0.5, 0.6) is 0 Å². The van der Waals surface area contributed by atoms with Crippen LogP contribution in [0.1, 0.15) is 0 Å².